The molecule has 72 valence electrons. The van der Waals surface area contributed by atoms with Crippen LogP contribution < -0.4 is 0 Å². The van der Waals surface area contributed by atoms with Crippen LogP contribution in [0.2, 0.25) is 0 Å². The lowest BCUT2D eigenvalue weighted by Crippen LogP contribution is -1.94. The minimum absolute atomic E-state index is 0.0729. The number of nitrogens with zero attached hydrogens (tertiary/aromatic N) is 2. The summed E-state index contributed by atoms with van der Waals surface area (Å²) in [6, 6.07) is 10.1. The monoisotopic (exact) mass is 186 g/mol. The van der Waals surface area contributed by atoms with E-state index < -0.39 is 0 Å². The lowest BCUT2D eigenvalue weighted by Gasteiger charge is -1.97. The molecular formula is C12H14N2. The molecule has 2 nitrogen and oxygen atoms in total. The minimum atomic E-state index is -0.0729. The van der Waals surface area contributed by atoms with Crippen LogP contribution in [0.25, 0.3) is 0 Å². The van der Waals surface area contributed by atoms with E-state index in [4.69, 9.17) is 5.26 Å². The molecule has 0 fully saturated rings. The van der Waals surface area contributed by atoms with Crippen molar-refractivity contribution in [3.8, 4) is 6.07 Å². The molecule has 0 N–H and O–H groups in total. The van der Waals surface area contributed by atoms with Crippen LogP contribution in [0, 0.1) is 24.2 Å². The number of nitriles is 1. The Morgan fingerprint density at radius 3 is 2.57 bits per heavy atom. The van der Waals surface area contributed by atoms with Crippen molar-refractivity contribution in [3.05, 3.63) is 29.8 Å². The second-order valence-electron chi connectivity index (χ2n) is 3.26. The Kier molecular flexibility index (Phi) is 3.87. The number of benzene rings is 1. The minimum Gasteiger partial charge on any atom is -0.260 e. The largest absolute Gasteiger partial charge is 0.260 e. The summed E-state index contributed by atoms with van der Waals surface area (Å²) in [7, 11) is 0. The zero-order chi connectivity index (χ0) is 10.4. The molecule has 1 unspecified atom stereocenters. The topological polar surface area (TPSA) is 36.1 Å². The Hall–Kier alpha value is -1.62. The fourth-order valence-corrected chi connectivity index (χ4v) is 1.04. The number of hydrogen-bond acceptors (Lipinski definition) is 2. The predicted molar refractivity (Wildman–Crippen MR) is 58.7 cm³/mol. The Labute approximate surface area is 84.9 Å². The molecule has 14 heavy (non-hydrogen) atoms. The van der Waals surface area contributed by atoms with Crippen molar-refractivity contribution in [2.45, 2.75) is 20.3 Å². The Morgan fingerprint density at radius 2 is 2.07 bits per heavy atom. The highest BCUT2D eigenvalue weighted by atomic mass is 14.7. The van der Waals surface area contributed by atoms with Crippen LogP contribution in [0.5, 0.6) is 0 Å². The Balaban J connectivity index is 2.69. The van der Waals surface area contributed by atoms with Crippen LogP contribution in [0.3, 0.4) is 0 Å². The fraction of sp³-hybridized carbons (Fsp3) is 0.333. The lowest BCUT2D eigenvalue weighted by molar-refractivity contribution is 0.845. The van der Waals surface area contributed by atoms with E-state index in [0.717, 1.165) is 12.1 Å². The third kappa shape index (κ3) is 3.02. The molecule has 0 aromatic heterocycles. The summed E-state index contributed by atoms with van der Waals surface area (Å²) in [5, 5.41) is 8.71. The van der Waals surface area contributed by atoms with E-state index >= 15 is 0 Å². The first kappa shape index (κ1) is 10.5. The third-order valence-corrected chi connectivity index (χ3v) is 2.04. The highest BCUT2D eigenvalue weighted by Crippen LogP contribution is 2.12. The normalized spacial score (nSPS) is 12.6. The highest BCUT2D eigenvalue weighted by Gasteiger charge is 1.98. The van der Waals surface area contributed by atoms with Gasteiger partial charge in [-0.05, 0) is 25.5 Å². The molecule has 1 aromatic rings. The molecule has 0 saturated heterocycles. The molecular weight excluding hydrogens is 172 g/mol. The van der Waals surface area contributed by atoms with Crippen molar-refractivity contribution < 1.29 is 0 Å². The van der Waals surface area contributed by atoms with Gasteiger partial charge in [-0.3, -0.25) is 4.99 Å². The van der Waals surface area contributed by atoms with Crippen molar-refractivity contribution in [1.29, 1.82) is 5.26 Å². The molecule has 0 heterocycles. The number of hydrogen-bond donors (Lipinski definition) is 0. The summed E-state index contributed by atoms with van der Waals surface area (Å²) < 4.78 is 0. The van der Waals surface area contributed by atoms with Crippen LogP contribution in [0.15, 0.2) is 29.3 Å². The third-order valence-electron chi connectivity index (χ3n) is 2.04. The first-order valence-corrected chi connectivity index (χ1v) is 4.76. The molecule has 0 aliphatic carbocycles. The van der Waals surface area contributed by atoms with Crippen LogP contribution in [-0.2, 0) is 0 Å². The second-order valence-corrected chi connectivity index (χ2v) is 3.26. The number of aryl methyl sites for hydroxylation is 1. The molecule has 1 aromatic carbocycles. The number of rotatable bonds is 3. The summed E-state index contributed by atoms with van der Waals surface area (Å²) in [6.45, 7) is 4.02. The van der Waals surface area contributed by atoms with Crippen molar-refractivity contribution in [3.63, 3.8) is 0 Å². The van der Waals surface area contributed by atoms with Gasteiger partial charge in [0.2, 0.25) is 0 Å². The predicted octanol–water partition coefficient (Wildman–Crippen LogP) is 3.25. The quantitative estimate of drug-likeness (QED) is 0.667. The van der Waals surface area contributed by atoms with Crippen LogP contribution in [0.1, 0.15) is 18.9 Å². The van der Waals surface area contributed by atoms with Gasteiger partial charge in [0.15, 0.2) is 0 Å². The van der Waals surface area contributed by atoms with Gasteiger partial charge in [-0.25, -0.2) is 0 Å². The molecule has 1 atom stereocenters. The summed E-state index contributed by atoms with van der Waals surface area (Å²) >= 11 is 0. The summed E-state index contributed by atoms with van der Waals surface area (Å²) in [5.41, 5.74) is 2.13. The van der Waals surface area contributed by atoms with Crippen molar-refractivity contribution in [2.24, 2.45) is 10.9 Å². The van der Waals surface area contributed by atoms with E-state index in [-0.39, 0.29) is 5.92 Å². The van der Waals surface area contributed by atoms with E-state index in [1.807, 2.05) is 38.1 Å². The molecule has 0 spiro atoms. The smallest absolute Gasteiger partial charge is 0.0813 e. The van der Waals surface area contributed by atoms with Gasteiger partial charge in [0.25, 0.3) is 0 Å². The maximum atomic E-state index is 8.71. The second kappa shape index (κ2) is 5.18. The summed E-state index contributed by atoms with van der Waals surface area (Å²) in [6.07, 6.45) is 2.52. The average molecular weight is 186 g/mol. The Bertz CT molecular complexity index is 344. The van der Waals surface area contributed by atoms with Crippen molar-refractivity contribution in [1.82, 2.24) is 0 Å². The molecule has 0 aliphatic heterocycles. The van der Waals surface area contributed by atoms with E-state index in [0.29, 0.717) is 0 Å². The lowest BCUT2D eigenvalue weighted by atomic mass is 10.1. The first-order valence-electron chi connectivity index (χ1n) is 4.76. The molecule has 0 radical (unpaired) electrons. The molecule has 1 rings (SSSR count). The van der Waals surface area contributed by atoms with Gasteiger partial charge < -0.3 is 0 Å². The van der Waals surface area contributed by atoms with Crippen LogP contribution >= 0.6 is 0 Å². The molecule has 0 bridgehead atoms. The average Bonchev–Trinajstić information content (AvgIpc) is 2.22. The van der Waals surface area contributed by atoms with E-state index in [2.05, 4.69) is 11.1 Å². The maximum absolute atomic E-state index is 8.71. The van der Waals surface area contributed by atoms with Gasteiger partial charge in [0, 0.05) is 6.21 Å². The van der Waals surface area contributed by atoms with Crippen molar-refractivity contribution >= 4 is 11.9 Å². The molecule has 0 saturated carbocycles. The van der Waals surface area contributed by atoms with E-state index in [1.165, 1.54) is 5.56 Å². The van der Waals surface area contributed by atoms with E-state index in [1.54, 1.807) is 6.21 Å². The SMILES string of the molecule is CCC(C#N)/C=N/c1ccc(C)cc1. The van der Waals surface area contributed by atoms with Gasteiger partial charge in [0.1, 0.15) is 0 Å². The van der Waals surface area contributed by atoms with Gasteiger partial charge in [-0.1, -0.05) is 24.6 Å². The molecule has 0 aliphatic rings. The standard InChI is InChI=1S/C12H14N2/c1-3-11(8-13)9-14-12-6-4-10(2)5-7-12/h4-7,9,11H,3H2,1-2H3/b14-9+. The molecule has 2 heteroatoms. The Morgan fingerprint density at radius 1 is 1.43 bits per heavy atom. The fourth-order valence-electron chi connectivity index (χ4n) is 1.04. The van der Waals surface area contributed by atoms with Gasteiger partial charge in [-0.2, -0.15) is 5.26 Å². The highest BCUT2D eigenvalue weighted by molar-refractivity contribution is 5.68. The number of aliphatic imine (C=N–C) groups is 1. The van der Waals surface area contributed by atoms with Crippen LogP contribution in [0.4, 0.5) is 5.69 Å². The van der Waals surface area contributed by atoms with E-state index in [9.17, 15) is 0 Å². The van der Waals surface area contributed by atoms with Gasteiger partial charge in [0.05, 0.1) is 17.7 Å². The zero-order valence-electron chi connectivity index (χ0n) is 8.57. The molecule has 0 amide bonds. The van der Waals surface area contributed by atoms with Crippen LogP contribution in [-0.4, -0.2) is 6.21 Å². The maximum Gasteiger partial charge on any atom is 0.0813 e. The first-order chi connectivity index (χ1) is 6.76. The zero-order valence-corrected chi connectivity index (χ0v) is 8.57. The summed E-state index contributed by atoms with van der Waals surface area (Å²) in [4.78, 5) is 4.24. The summed E-state index contributed by atoms with van der Waals surface area (Å²) in [5.74, 6) is -0.0729. The van der Waals surface area contributed by atoms with Gasteiger partial charge in [-0.15, -0.1) is 0 Å². The van der Waals surface area contributed by atoms with Crippen molar-refractivity contribution in [2.75, 3.05) is 0 Å². The van der Waals surface area contributed by atoms with Gasteiger partial charge >= 0.3 is 0 Å².